The third-order valence-electron chi connectivity index (χ3n) is 5.31. The Morgan fingerprint density at radius 1 is 1.10 bits per heavy atom. The average molecular weight is 426 g/mol. The molecule has 1 fully saturated rings. The molecule has 7 nitrogen and oxygen atoms in total. The Morgan fingerprint density at radius 2 is 1.83 bits per heavy atom. The molecule has 2 aromatic carbocycles. The van der Waals surface area contributed by atoms with E-state index < -0.39 is 10.0 Å². The van der Waals surface area contributed by atoms with Crippen molar-refractivity contribution in [3.8, 4) is 5.75 Å². The van der Waals surface area contributed by atoms with Crippen LogP contribution in [0.1, 0.15) is 12.8 Å². The van der Waals surface area contributed by atoms with E-state index in [0.717, 1.165) is 18.2 Å². The van der Waals surface area contributed by atoms with Crippen LogP contribution in [0.2, 0.25) is 0 Å². The quantitative estimate of drug-likeness (QED) is 0.606. The molecule has 1 saturated heterocycles. The van der Waals surface area contributed by atoms with Crippen LogP contribution in [0.25, 0.3) is 10.8 Å². The fourth-order valence-corrected chi connectivity index (χ4v) is 5.32. The number of ether oxygens (including phenoxy) is 1. The van der Waals surface area contributed by atoms with Crippen molar-refractivity contribution in [3.63, 3.8) is 0 Å². The number of sulfonamides is 1. The lowest BCUT2D eigenvalue weighted by molar-refractivity contribution is -0.128. The fraction of sp³-hybridized carbons (Fsp3) is 0.273. The van der Waals surface area contributed by atoms with Gasteiger partial charge in [0.15, 0.2) is 0 Å². The van der Waals surface area contributed by atoms with Crippen molar-refractivity contribution in [3.05, 3.63) is 60.9 Å². The summed E-state index contributed by atoms with van der Waals surface area (Å²) in [5, 5.41) is 1.29. The van der Waals surface area contributed by atoms with Crippen LogP contribution in [0.3, 0.4) is 0 Å². The van der Waals surface area contributed by atoms with E-state index in [1.54, 1.807) is 66.9 Å². The van der Waals surface area contributed by atoms with Crippen LogP contribution < -0.4 is 9.04 Å². The van der Waals surface area contributed by atoms with Crippen molar-refractivity contribution in [1.29, 1.82) is 0 Å². The summed E-state index contributed by atoms with van der Waals surface area (Å²) >= 11 is 0. The number of hydrogen-bond donors (Lipinski definition) is 0. The number of carbonyl (C=O) groups excluding carboxylic acids is 1. The molecule has 4 rings (SSSR count). The average Bonchev–Trinajstić information content (AvgIpc) is 3.32. The lowest BCUT2D eigenvalue weighted by atomic mass is 10.2. The number of aromatic nitrogens is 1. The zero-order chi connectivity index (χ0) is 21.1. The first kappa shape index (κ1) is 20.2. The molecule has 0 bridgehead atoms. The van der Waals surface area contributed by atoms with E-state index in [4.69, 9.17) is 4.74 Å². The third-order valence-corrected chi connectivity index (χ3v) is 7.14. The highest BCUT2D eigenvalue weighted by atomic mass is 32.2. The van der Waals surface area contributed by atoms with Gasteiger partial charge in [-0.15, -0.1) is 0 Å². The number of nitrogens with zero attached hydrogens (tertiary/aromatic N) is 3. The number of hydrogen-bond acceptors (Lipinski definition) is 5. The van der Waals surface area contributed by atoms with E-state index in [-0.39, 0.29) is 17.3 Å². The summed E-state index contributed by atoms with van der Waals surface area (Å²) in [5.74, 6) is 0.409. The second-order valence-electron chi connectivity index (χ2n) is 7.15. The molecule has 1 amide bonds. The van der Waals surface area contributed by atoms with Crippen molar-refractivity contribution >= 4 is 32.4 Å². The minimum absolute atomic E-state index is 0.146. The zero-order valence-electron chi connectivity index (χ0n) is 16.7. The van der Waals surface area contributed by atoms with E-state index in [1.807, 2.05) is 6.07 Å². The van der Waals surface area contributed by atoms with Crippen LogP contribution in [0.5, 0.6) is 5.75 Å². The molecule has 8 heteroatoms. The molecular weight excluding hydrogens is 402 g/mol. The predicted octanol–water partition coefficient (Wildman–Crippen LogP) is 3.06. The van der Waals surface area contributed by atoms with Crippen LogP contribution in [-0.4, -0.2) is 51.0 Å². The summed E-state index contributed by atoms with van der Waals surface area (Å²) in [6.45, 7) is 1.07. The Bertz CT molecular complexity index is 1150. The van der Waals surface area contributed by atoms with Crippen LogP contribution in [0, 0.1) is 0 Å². The van der Waals surface area contributed by atoms with E-state index >= 15 is 0 Å². The van der Waals surface area contributed by atoms with Gasteiger partial charge < -0.3 is 9.64 Å². The van der Waals surface area contributed by atoms with E-state index in [1.165, 1.54) is 4.31 Å². The second kappa shape index (κ2) is 8.31. The second-order valence-corrected chi connectivity index (χ2v) is 8.98. The van der Waals surface area contributed by atoms with Crippen LogP contribution in [0.15, 0.2) is 65.8 Å². The molecule has 0 spiro atoms. The number of anilines is 1. The number of methoxy groups -OCH3 is 1. The summed E-state index contributed by atoms with van der Waals surface area (Å²) in [4.78, 5) is 18.8. The molecule has 1 aliphatic rings. The summed E-state index contributed by atoms with van der Waals surface area (Å²) in [6, 6.07) is 13.4. The van der Waals surface area contributed by atoms with E-state index in [0.29, 0.717) is 29.9 Å². The standard InChI is InChI=1S/C22H23N3O4S/c1-29-19-9-7-18(8-10-19)25(16-22(26)24-13-2-3-14-24)30(27,28)21-6-4-5-17-15-23-12-11-20(17)21/h4-12,15H,2-3,13-14,16H2,1H3. The van der Waals surface area contributed by atoms with Gasteiger partial charge in [-0.05, 0) is 49.2 Å². The van der Waals surface area contributed by atoms with Gasteiger partial charge in [-0.2, -0.15) is 0 Å². The molecule has 156 valence electrons. The lowest BCUT2D eigenvalue weighted by Crippen LogP contribution is -2.42. The Kier molecular flexibility index (Phi) is 5.59. The lowest BCUT2D eigenvalue weighted by Gasteiger charge is -2.27. The molecule has 1 aliphatic heterocycles. The Morgan fingerprint density at radius 3 is 2.53 bits per heavy atom. The molecule has 0 radical (unpaired) electrons. The molecule has 3 aromatic rings. The van der Waals surface area contributed by atoms with Gasteiger partial charge in [0.2, 0.25) is 5.91 Å². The Hall–Kier alpha value is -3.13. The van der Waals surface area contributed by atoms with Gasteiger partial charge in [-0.3, -0.25) is 14.1 Å². The Labute approximate surface area is 175 Å². The van der Waals surface area contributed by atoms with Gasteiger partial charge in [-0.1, -0.05) is 12.1 Å². The number of fused-ring (bicyclic) bond motifs is 1. The number of benzene rings is 2. The molecule has 2 heterocycles. The van der Waals surface area contributed by atoms with Crippen molar-refractivity contribution < 1.29 is 17.9 Å². The maximum Gasteiger partial charge on any atom is 0.265 e. The SMILES string of the molecule is COc1ccc(N(CC(=O)N2CCCC2)S(=O)(=O)c2cccc3cnccc23)cc1. The van der Waals surface area contributed by atoms with Crippen molar-refractivity contribution in [2.45, 2.75) is 17.7 Å². The van der Waals surface area contributed by atoms with Crippen LogP contribution in [-0.2, 0) is 14.8 Å². The highest BCUT2D eigenvalue weighted by molar-refractivity contribution is 7.93. The molecule has 0 atom stereocenters. The molecule has 30 heavy (non-hydrogen) atoms. The van der Waals surface area contributed by atoms with Gasteiger partial charge in [-0.25, -0.2) is 8.42 Å². The molecular formula is C22H23N3O4S. The first-order valence-corrected chi connectivity index (χ1v) is 11.2. The topological polar surface area (TPSA) is 79.8 Å². The summed E-state index contributed by atoms with van der Waals surface area (Å²) < 4.78 is 33.9. The number of rotatable bonds is 6. The number of carbonyl (C=O) groups is 1. The van der Waals surface area contributed by atoms with Crippen LogP contribution >= 0.6 is 0 Å². The highest BCUT2D eigenvalue weighted by Crippen LogP contribution is 2.30. The monoisotopic (exact) mass is 425 g/mol. The molecule has 1 aromatic heterocycles. The number of likely N-dealkylation sites (tertiary alicyclic amines) is 1. The fourth-order valence-electron chi connectivity index (χ4n) is 3.69. The summed E-state index contributed by atoms with van der Waals surface area (Å²) in [6.07, 6.45) is 5.07. The molecule has 0 N–H and O–H groups in total. The van der Waals surface area contributed by atoms with E-state index in [9.17, 15) is 13.2 Å². The first-order chi connectivity index (χ1) is 14.5. The Balaban J connectivity index is 1.79. The van der Waals surface area contributed by atoms with Crippen molar-refractivity contribution in [1.82, 2.24) is 9.88 Å². The van der Waals surface area contributed by atoms with Crippen molar-refractivity contribution in [2.75, 3.05) is 31.0 Å². The normalized spacial score (nSPS) is 14.1. The predicted molar refractivity (Wildman–Crippen MR) is 115 cm³/mol. The largest absolute Gasteiger partial charge is 0.497 e. The summed E-state index contributed by atoms with van der Waals surface area (Å²) in [5.41, 5.74) is 0.411. The highest BCUT2D eigenvalue weighted by Gasteiger charge is 2.31. The van der Waals surface area contributed by atoms with Gasteiger partial charge in [0, 0.05) is 36.3 Å². The van der Waals surface area contributed by atoms with Gasteiger partial charge in [0.25, 0.3) is 10.0 Å². The van der Waals surface area contributed by atoms with Crippen LogP contribution in [0.4, 0.5) is 5.69 Å². The number of amides is 1. The van der Waals surface area contributed by atoms with E-state index in [2.05, 4.69) is 4.98 Å². The maximum atomic E-state index is 13.8. The first-order valence-electron chi connectivity index (χ1n) is 9.78. The molecule has 0 unspecified atom stereocenters. The van der Waals surface area contributed by atoms with Gasteiger partial charge in [0.1, 0.15) is 12.3 Å². The minimum atomic E-state index is -4.01. The summed E-state index contributed by atoms with van der Waals surface area (Å²) in [7, 11) is -2.46. The maximum absolute atomic E-state index is 13.8. The van der Waals surface area contributed by atoms with Gasteiger partial charge >= 0.3 is 0 Å². The zero-order valence-corrected chi connectivity index (χ0v) is 17.5. The third kappa shape index (κ3) is 3.82. The minimum Gasteiger partial charge on any atom is -0.497 e. The molecule has 0 aliphatic carbocycles. The van der Waals surface area contributed by atoms with Gasteiger partial charge in [0.05, 0.1) is 17.7 Å². The van der Waals surface area contributed by atoms with Crippen molar-refractivity contribution in [2.24, 2.45) is 0 Å². The number of pyridine rings is 1. The molecule has 0 saturated carbocycles. The smallest absolute Gasteiger partial charge is 0.265 e.